The molecule has 9 heteroatoms. The lowest BCUT2D eigenvalue weighted by Gasteiger charge is -2.18. The van der Waals surface area contributed by atoms with Crippen LogP contribution in [0.25, 0.3) is 0 Å². The fourth-order valence-electron chi connectivity index (χ4n) is 2.75. The largest absolute Gasteiger partial charge is 0.496 e. The number of aromatic nitrogens is 1. The first kappa shape index (κ1) is 24.9. The normalized spacial score (nSPS) is 12.8. The molecule has 1 N–H and O–H groups in total. The maximum atomic E-state index is 12.2. The third-order valence-electron chi connectivity index (χ3n) is 4.38. The Labute approximate surface area is 192 Å². The van der Waals surface area contributed by atoms with E-state index < -0.39 is 11.7 Å². The van der Waals surface area contributed by atoms with E-state index in [-0.39, 0.29) is 5.84 Å². The van der Waals surface area contributed by atoms with Gasteiger partial charge in [0.2, 0.25) is 0 Å². The summed E-state index contributed by atoms with van der Waals surface area (Å²) >= 11 is 7.81. The second-order valence-electron chi connectivity index (χ2n) is 8.04. The summed E-state index contributed by atoms with van der Waals surface area (Å²) in [5.74, 6) is 0.819. The summed E-state index contributed by atoms with van der Waals surface area (Å²) in [6, 6.07) is 5.18. The molecular weight excluding hydrogens is 436 g/mol. The third-order valence-corrected chi connectivity index (χ3v) is 5.71. The predicted molar refractivity (Wildman–Crippen MR) is 126 cm³/mol. The van der Waals surface area contributed by atoms with E-state index in [1.165, 1.54) is 4.88 Å². The van der Waals surface area contributed by atoms with Crippen LogP contribution in [0.3, 0.4) is 0 Å². The number of hydrazone groups is 1. The standard InChI is InChI=1S/C22H31ClN4O3S/c1-8-9-12-27-14(2)15(3)31-20(27)24-19(25-26-21(28)30-22(4,5)6)17-13-16(23)10-11-18(17)29-7/h10-11,13H,8-9,12H2,1-7H3,(H,26,28). The number of methoxy groups -OCH3 is 1. The van der Waals surface area contributed by atoms with Crippen LogP contribution in [0.1, 0.15) is 56.7 Å². The minimum Gasteiger partial charge on any atom is -0.496 e. The zero-order valence-corrected chi connectivity index (χ0v) is 20.8. The average Bonchev–Trinajstić information content (AvgIpc) is 2.95. The number of hydrogen-bond donors (Lipinski definition) is 1. The van der Waals surface area contributed by atoms with Gasteiger partial charge < -0.3 is 14.0 Å². The van der Waals surface area contributed by atoms with Crippen LogP contribution in [-0.4, -0.2) is 29.2 Å². The van der Waals surface area contributed by atoms with Gasteiger partial charge in [0.25, 0.3) is 0 Å². The highest BCUT2D eigenvalue weighted by atomic mass is 35.5. The number of benzene rings is 1. The van der Waals surface area contributed by atoms with E-state index in [4.69, 9.17) is 26.1 Å². The molecule has 0 saturated heterocycles. The van der Waals surface area contributed by atoms with Gasteiger partial charge in [-0.15, -0.1) is 16.4 Å². The van der Waals surface area contributed by atoms with Crippen LogP contribution in [0, 0.1) is 13.8 Å². The summed E-state index contributed by atoms with van der Waals surface area (Å²) in [5.41, 5.74) is 3.53. The van der Waals surface area contributed by atoms with Crippen LogP contribution < -0.4 is 15.0 Å². The minimum absolute atomic E-state index is 0.275. The van der Waals surface area contributed by atoms with Gasteiger partial charge in [-0.2, -0.15) is 4.99 Å². The molecule has 1 aromatic carbocycles. The number of hydrogen-bond acceptors (Lipinski definition) is 5. The van der Waals surface area contributed by atoms with Gasteiger partial charge in [0.05, 0.1) is 12.7 Å². The summed E-state index contributed by atoms with van der Waals surface area (Å²) in [5, 5.41) is 4.77. The first-order valence-corrected chi connectivity index (χ1v) is 11.4. The van der Waals surface area contributed by atoms with E-state index >= 15 is 0 Å². The number of carbonyl (C=O) groups is 1. The summed E-state index contributed by atoms with van der Waals surface area (Å²) in [6.45, 7) is 12.5. The second-order valence-corrected chi connectivity index (χ2v) is 9.66. The molecule has 0 saturated carbocycles. The Morgan fingerprint density at radius 2 is 2.00 bits per heavy atom. The number of nitrogens with one attached hydrogen (secondary N) is 1. The molecule has 1 aromatic heterocycles. The Balaban J connectivity index is 2.60. The van der Waals surface area contributed by atoms with E-state index in [0.717, 1.165) is 29.9 Å². The van der Waals surface area contributed by atoms with Crippen LogP contribution in [0.15, 0.2) is 28.3 Å². The highest BCUT2D eigenvalue weighted by Crippen LogP contribution is 2.24. The molecule has 1 heterocycles. The van der Waals surface area contributed by atoms with Gasteiger partial charge in [0, 0.05) is 22.1 Å². The monoisotopic (exact) mass is 466 g/mol. The quantitative estimate of drug-likeness (QED) is 0.351. The number of rotatable bonds is 6. The number of amides is 1. The van der Waals surface area contributed by atoms with Crippen molar-refractivity contribution in [2.45, 2.75) is 66.5 Å². The van der Waals surface area contributed by atoms with Crippen molar-refractivity contribution in [2.75, 3.05) is 7.11 Å². The summed E-state index contributed by atoms with van der Waals surface area (Å²) < 4.78 is 12.9. The van der Waals surface area contributed by atoms with Crippen LogP contribution in [-0.2, 0) is 11.3 Å². The number of thiazole rings is 1. The summed E-state index contributed by atoms with van der Waals surface area (Å²) in [6.07, 6.45) is 1.44. The molecule has 2 rings (SSSR count). The van der Waals surface area contributed by atoms with Crippen molar-refractivity contribution < 1.29 is 14.3 Å². The van der Waals surface area contributed by atoms with Crippen molar-refractivity contribution in [1.29, 1.82) is 0 Å². The topological polar surface area (TPSA) is 77.2 Å². The van der Waals surface area contributed by atoms with E-state index in [2.05, 4.69) is 35.9 Å². The lowest BCUT2D eigenvalue weighted by atomic mass is 10.2. The average molecular weight is 467 g/mol. The van der Waals surface area contributed by atoms with E-state index in [1.807, 2.05) is 0 Å². The second kappa shape index (κ2) is 10.8. The smallest absolute Gasteiger partial charge is 0.428 e. The van der Waals surface area contributed by atoms with Crippen molar-refractivity contribution in [1.82, 2.24) is 9.99 Å². The SMILES string of the molecule is CCCCn1c(C)c(C)sc1=NC(=NNC(=O)OC(C)(C)C)c1cc(Cl)ccc1OC. The number of unbranched alkanes of at least 4 members (excludes halogenated alkanes) is 1. The maximum absolute atomic E-state index is 12.2. The molecule has 2 aromatic rings. The molecule has 0 radical (unpaired) electrons. The molecular formula is C22H31ClN4O3S. The highest BCUT2D eigenvalue weighted by Gasteiger charge is 2.17. The fraction of sp³-hybridized carbons (Fsp3) is 0.500. The van der Waals surface area contributed by atoms with Gasteiger partial charge in [-0.1, -0.05) is 24.9 Å². The molecule has 7 nitrogen and oxygen atoms in total. The molecule has 31 heavy (non-hydrogen) atoms. The molecule has 0 fully saturated rings. The number of halogens is 1. The van der Waals surface area contributed by atoms with Crippen LogP contribution in [0.2, 0.25) is 5.02 Å². The summed E-state index contributed by atoms with van der Waals surface area (Å²) in [4.78, 5) is 19.0. The number of ether oxygens (including phenoxy) is 2. The molecule has 0 aliphatic rings. The Bertz CT molecular complexity index is 1020. The van der Waals surface area contributed by atoms with Crippen molar-refractivity contribution in [3.63, 3.8) is 0 Å². The van der Waals surface area contributed by atoms with Crippen LogP contribution in [0.5, 0.6) is 5.75 Å². The van der Waals surface area contributed by atoms with E-state index in [9.17, 15) is 4.79 Å². The van der Waals surface area contributed by atoms with Crippen LogP contribution >= 0.6 is 22.9 Å². The minimum atomic E-state index is -0.668. The van der Waals surface area contributed by atoms with Crippen molar-refractivity contribution >= 4 is 34.9 Å². The lowest BCUT2D eigenvalue weighted by Crippen LogP contribution is -2.30. The van der Waals surface area contributed by atoms with Gasteiger partial charge >= 0.3 is 6.09 Å². The fourth-order valence-corrected chi connectivity index (χ4v) is 3.93. The first-order valence-electron chi connectivity index (χ1n) is 10.2. The Morgan fingerprint density at radius 1 is 1.29 bits per heavy atom. The van der Waals surface area contributed by atoms with Crippen molar-refractivity contribution in [3.05, 3.63) is 44.2 Å². The first-order chi connectivity index (χ1) is 14.6. The van der Waals surface area contributed by atoms with Gasteiger partial charge in [0.1, 0.15) is 11.4 Å². The number of carbonyl (C=O) groups excluding carboxylic acids is 1. The maximum Gasteiger partial charge on any atom is 0.428 e. The van der Waals surface area contributed by atoms with Gasteiger partial charge in [0.15, 0.2) is 10.6 Å². The van der Waals surface area contributed by atoms with Crippen molar-refractivity contribution in [2.24, 2.45) is 10.1 Å². The number of nitrogens with zero attached hydrogens (tertiary/aromatic N) is 3. The Kier molecular flexibility index (Phi) is 8.70. The third kappa shape index (κ3) is 7.11. The Morgan fingerprint density at radius 3 is 2.61 bits per heavy atom. The van der Waals surface area contributed by atoms with Gasteiger partial charge in [-0.25, -0.2) is 10.2 Å². The molecule has 170 valence electrons. The lowest BCUT2D eigenvalue weighted by molar-refractivity contribution is 0.0529. The summed E-state index contributed by atoms with van der Waals surface area (Å²) in [7, 11) is 1.56. The molecule has 0 spiro atoms. The molecule has 0 atom stereocenters. The van der Waals surface area contributed by atoms with E-state index in [0.29, 0.717) is 16.3 Å². The molecule has 0 aliphatic heterocycles. The number of aryl methyl sites for hydroxylation is 1. The van der Waals surface area contributed by atoms with Crippen LogP contribution in [0.4, 0.5) is 4.79 Å². The number of amidine groups is 1. The van der Waals surface area contributed by atoms with Crippen molar-refractivity contribution in [3.8, 4) is 5.75 Å². The van der Waals surface area contributed by atoms with Gasteiger partial charge in [-0.05, 0) is 59.2 Å². The molecule has 0 unspecified atom stereocenters. The van der Waals surface area contributed by atoms with Gasteiger partial charge in [-0.3, -0.25) is 0 Å². The molecule has 1 amide bonds. The molecule has 0 aliphatic carbocycles. The van der Waals surface area contributed by atoms with E-state index in [1.54, 1.807) is 57.4 Å². The zero-order chi connectivity index (χ0) is 23.2. The highest BCUT2D eigenvalue weighted by molar-refractivity contribution is 7.09. The molecule has 0 bridgehead atoms. The predicted octanol–water partition coefficient (Wildman–Crippen LogP) is 5.42. The zero-order valence-electron chi connectivity index (χ0n) is 19.2. The Hall–Kier alpha value is -2.32.